The summed E-state index contributed by atoms with van der Waals surface area (Å²) in [5.41, 5.74) is 1.41. The second-order valence-electron chi connectivity index (χ2n) is 4.24. The van der Waals surface area contributed by atoms with Crippen LogP contribution in [0.4, 0.5) is 0 Å². The topological polar surface area (TPSA) is 9.23 Å². The standard InChI is InChI=1S/C12H17BrOS/c1-8-6-9(2)15-12(8)11(13)7-10-4-3-5-14-10/h6,10-11H,3-5,7H2,1-2H3. The fourth-order valence-electron chi connectivity index (χ4n) is 2.14. The van der Waals surface area contributed by atoms with Crippen molar-refractivity contribution in [2.75, 3.05) is 6.61 Å². The first-order valence-corrected chi connectivity index (χ1v) is 7.22. The molecule has 1 aromatic rings. The highest BCUT2D eigenvalue weighted by molar-refractivity contribution is 9.09. The molecule has 1 aliphatic heterocycles. The van der Waals surface area contributed by atoms with Crippen LogP contribution in [0.15, 0.2) is 6.07 Å². The Morgan fingerprint density at radius 1 is 1.60 bits per heavy atom. The largest absolute Gasteiger partial charge is 0.378 e. The minimum atomic E-state index is 0.469. The van der Waals surface area contributed by atoms with Crippen molar-refractivity contribution >= 4 is 27.3 Å². The van der Waals surface area contributed by atoms with Crippen molar-refractivity contribution in [1.82, 2.24) is 0 Å². The summed E-state index contributed by atoms with van der Waals surface area (Å²) in [6, 6.07) is 2.27. The molecule has 0 bridgehead atoms. The van der Waals surface area contributed by atoms with Crippen LogP contribution in [-0.4, -0.2) is 12.7 Å². The van der Waals surface area contributed by atoms with Gasteiger partial charge in [-0.05, 0) is 44.7 Å². The molecule has 1 nitrogen and oxygen atoms in total. The molecule has 0 spiro atoms. The lowest BCUT2D eigenvalue weighted by atomic mass is 10.1. The van der Waals surface area contributed by atoms with Gasteiger partial charge < -0.3 is 4.74 Å². The van der Waals surface area contributed by atoms with Gasteiger partial charge in [-0.3, -0.25) is 0 Å². The Bertz CT molecular complexity index is 328. The molecule has 2 atom stereocenters. The van der Waals surface area contributed by atoms with Crippen LogP contribution in [0.3, 0.4) is 0 Å². The number of halogens is 1. The molecule has 1 fully saturated rings. The smallest absolute Gasteiger partial charge is 0.0590 e. The first kappa shape index (κ1) is 11.6. The van der Waals surface area contributed by atoms with Crippen LogP contribution in [0.5, 0.6) is 0 Å². The number of hydrogen-bond donors (Lipinski definition) is 0. The summed E-state index contributed by atoms with van der Waals surface area (Å²) in [5.74, 6) is 0. The van der Waals surface area contributed by atoms with Crippen molar-refractivity contribution < 1.29 is 4.74 Å². The molecule has 1 aromatic heterocycles. The zero-order valence-electron chi connectivity index (χ0n) is 9.25. The molecule has 0 aromatic carbocycles. The van der Waals surface area contributed by atoms with Crippen molar-refractivity contribution in [2.45, 2.75) is 44.0 Å². The number of aryl methyl sites for hydroxylation is 2. The van der Waals surface area contributed by atoms with Crippen LogP contribution in [0, 0.1) is 13.8 Å². The number of thiophene rings is 1. The Hall–Kier alpha value is 0.140. The molecule has 2 rings (SSSR count). The molecule has 2 heterocycles. The molecule has 3 heteroatoms. The summed E-state index contributed by atoms with van der Waals surface area (Å²) in [5, 5.41) is 0. The van der Waals surface area contributed by atoms with E-state index >= 15 is 0 Å². The molecule has 2 unspecified atom stereocenters. The molecule has 84 valence electrons. The maximum Gasteiger partial charge on any atom is 0.0590 e. The normalized spacial score (nSPS) is 23.3. The molecule has 0 radical (unpaired) electrons. The predicted octanol–water partition coefficient (Wildman–Crippen LogP) is 4.37. The second-order valence-corrected chi connectivity index (χ2v) is 6.64. The molecule has 0 aliphatic carbocycles. The quantitative estimate of drug-likeness (QED) is 0.751. The van der Waals surface area contributed by atoms with Crippen LogP contribution in [0.25, 0.3) is 0 Å². The summed E-state index contributed by atoms with van der Waals surface area (Å²) in [4.78, 5) is 3.35. The summed E-state index contributed by atoms with van der Waals surface area (Å²) in [7, 11) is 0. The first-order chi connectivity index (χ1) is 7.16. The van der Waals surface area contributed by atoms with Crippen molar-refractivity contribution in [1.29, 1.82) is 0 Å². The zero-order chi connectivity index (χ0) is 10.8. The number of ether oxygens (including phenoxy) is 1. The lowest BCUT2D eigenvalue weighted by Crippen LogP contribution is -2.07. The Labute approximate surface area is 104 Å². The molecule has 15 heavy (non-hydrogen) atoms. The fourth-order valence-corrected chi connectivity index (χ4v) is 4.22. The van der Waals surface area contributed by atoms with E-state index in [-0.39, 0.29) is 0 Å². The Morgan fingerprint density at radius 2 is 2.40 bits per heavy atom. The van der Waals surface area contributed by atoms with E-state index in [1.807, 2.05) is 11.3 Å². The second kappa shape index (κ2) is 4.98. The van der Waals surface area contributed by atoms with Gasteiger partial charge in [0.05, 0.1) is 10.9 Å². The van der Waals surface area contributed by atoms with Gasteiger partial charge in [-0.2, -0.15) is 0 Å². The third kappa shape index (κ3) is 2.83. The van der Waals surface area contributed by atoms with Crippen molar-refractivity contribution in [3.63, 3.8) is 0 Å². The van der Waals surface area contributed by atoms with Crippen LogP contribution >= 0.6 is 27.3 Å². The van der Waals surface area contributed by atoms with Gasteiger partial charge in [0.1, 0.15) is 0 Å². The fraction of sp³-hybridized carbons (Fsp3) is 0.667. The Kier molecular flexibility index (Phi) is 3.86. The van der Waals surface area contributed by atoms with Gasteiger partial charge in [-0.25, -0.2) is 0 Å². The van der Waals surface area contributed by atoms with E-state index in [1.54, 1.807) is 0 Å². The maximum atomic E-state index is 5.67. The molecular formula is C12H17BrOS. The maximum absolute atomic E-state index is 5.67. The average Bonchev–Trinajstić information content (AvgIpc) is 2.75. The monoisotopic (exact) mass is 288 g/mol. The molecule has 0 N–H and O–H groups in total. The number of rotatable bonds is 3. The first-order valence-electron chi connectivity index (χ1n) is 5.49. The van der Waals surface area contributed by atoms with Crippen LogP contribution in [0.2, 0.25) is 0 Å². The molecule has 1 aliphatic rings. The number of hydrogen-bond acceptors (Lipinski definition) is 2. The zero-order valence-corrected chi connectivity index (χ0v) is 11.7. The van der Waals surface area contributed by atoms with Gasteiger partial charge in [0.25, 0.3) is 0 Å². The summed E-state index contributed by atoms with van der Waals surface area (Å²) < 4.78 is 5.67. The Morgan fingerprint density at radius 3 is 2.93 bits per heavy atom. The number of alkyl halides is 1. The van der Waals surface area contributed by atoms with Crippen molar-refractivity contribution in [3.05, 3.63) is 21.4 Å². The van der Waals surface area contributed by atoms with E-state index in [0.29, 0.717) is 10.9 Å². The van der Waals surface area contributed by atoms with Crippen molar-refractivity contribution in [2.24, 2.45) is 0 Å². The minimum Gasteiger partial charge on any atom is -0.378 e. The predicted molar refractivity (Wildman–Crippen MR) is 69.1 cm³/mol. The van der Waals surface area contributed by atoms with E-state index in [2.05, 4.69) is 35.8 Å². The Balaban J connectivity index is 2.00. The summed E-state index contributed by atoms with van der Waals surface area (Å²) >= 11 is 5.69. The van der Waals surface area contributed by atoms with Crippen LogP contribution < -0.4 is 0 Å². The minimum absolute atomic E-state index is 0.469. The molecule has 1 saturated heterocycles. The van der Waals surface area contributed by atoms with E-state index in [1.165, 1.54) is 28.2 Å². The lowest BCUT2D eigenvalue weighted by molar-refractivity contribution is 0.104. The van der Waals surface area contributed by atoms with Gasteiger partial charge in [0.2, 0.25) is 0 Å². The highest BCUT2D eigenvalue weighted by Gasteiger charge is 2.22. The van der Waals surface area contributed by atoms with E-state index < -0.39 is 0 Å². The van der Waals surface area contributed by atoms with Gasteiger partial charge in [-0.15, -0.1) is 11.3 Å². The third-order valence-corrected chi connectivity index (χ3v) is 5.26. The van der Waals surface area contributed by atoms with Gasteiger partial charge in [0.15, 0.2) is 0 Å². The highest BCUT2D eigenvalue weighted by Crippen LogP contribution is 2.37. The average molecular weight is 289 g/mol. The SMILES string of the molecule is Cc1cc(C)c(C(Br)CC2CCCO2)s1. The van der Waals surface area contributed by atoms with Crippen LogP contribution in [-0.2, 0) is 4.74 Å². The summed E-state index contributed by atoms with van der Waals surface area (Å²) in [6.07, 6.45) is 4.04. The molecule has 0 saturated carbocycles. The van der Waals surface area contributed by atoms with E-state index in [0.717, 1.165) is 13.0 Å². The summed E-state index contributed by atoms with van der Waals surface area (Å²) in [6.45, 7) is 5.32. The van der Waals surface area contributed by atoms with Gasteiger partial charge >= 0.3 is 0 Å². The van der Waals surface area contributed by atoms with Gasteiger partial charge in [0, 0.05) is 16.4 Å². The van der Waals surface area contributed by atoms with E-state index in [4.69, 9.17) is 4.74 Å². The van der Waals surface area contributed by atoms with Crippen molar-refractivity contribution in [3.8, 4) is 0 Å². The third-order valence-electron chi connectivity index (χ3n) is 2.86. The van der Waals surface area contributed by atoms with Gasteiger partial charge in [-0.1, -0.05) is 15.9 Å². The van der Waals surface area contributed by atoms with E-state index in [9.17, 15) is 0 Å². The lowest BCUT2D eigenvalue weighted by Gasteiger charge is -2.14. The highest BCUT2D eigenvalue weighted by atomic mass is 79.9. The molecule has 0 amide bonds. The van der Waals surface area contributed by atoms with Crippen LogP contribution in [0.1, 0.15) is 39.4 Å². The molecular weight excluding hydrogens is 272 g/mol.